The van der Waals surface area contributed by atoms with Gasteiger partial charge in [-0.05, 0) is 32.4 Å². The van der Waals surface area contributed by atoms with Crippen LogP contribution >= 0.6 is 0 Å². The molecule has 0 N–H and O–H groups in total. The molecule has 3 heterocycles. The van der Waals surface area contributed by atoms with E-state index in [0.29, 0.717) is 13.1 Å². The largest absolute Gasteiger partial charge is 0.338 e. The molecular weight excluding hydrogens is 336 g/mol. The minimum absolute atomic E-state index is 0.0885. The van der Waals surface area contributed by atoms with Crippen LogP contribution in [0.3, 0.4) is 0 Å². The van der Waals surface area contributed by atoms with E-state index in [4.69, 9.17) is 5.10 Å². The quantitative estimate of drug-likeness (QED) is 0.704. The number of carbonyl (C=O) groups is 1. The first kappa shape index (κ1) is 17.5. The highest BCUT2D eigenvalue weighted by Crippen LogP contribution is 2.28. The molecule has 0 bridgehead atoms. The summed E-state index contributed by atoms with van der Waals surface area (Å²) in [5, 5.41) is 4.76. The molecule has 0 saturated carbocycles. The third-order valence-corrected chi connectivity index (χ3v) is 5.19. The summed E-state index contributed by atoms with van der Waals surface area (Å²) < 4.78 is 1.98. The first-order chi connectivity index (χ1) is 13.0. The SMILES string of the molecule is Cc1cc(C(=O)N2CCc3c(-c4ccccc4)nn(C)c3CC2)cc(C)n1. The summed E-state index contributed by atoms with van der Waals surface area (Å²) >= 11 is 0. The van der Waals surface area contributed by atoms with Gasteiger partial charge in [0.05, 0.1) is 5.69 Å². The summed E-state index contributed by atoms with van der Waals surface area (Å²) in [6.45, 7) is 5.28. The Labute approximate surface area is 159 Å². The van der Waals surface area contributed by atoms with Gasteiger partial charge in [0.25, 0.3) is 5.91 Å². The first-order valence-electron chi connectivity index (χ1n) is 9.37. The van der Waals surface area contributed by atoms with Gasteiger partial charge >= 0.3 is 0 Å². The maximum atomic E-state index is 13.0. The van der Waals surface area contributed by atoms with Gasteiger partial charge in [-0.2, -0.15) is 5.10 Å². The number of pyridine rings is 1. The van der Waals surface area contributed by atoms with Crippen LogP contribution in [-0.4, -0.2) is 38.7 Å². The molecule has 0 atom stereocenters. The van der Waals surface area contributed by atoms with Crippen molar-refractivity contribution in [2.45, 2.75) is 26.7 Å². The summed E-state index contributed by atoms with van der Waals surface area (Å²) in [4.78, 5) is 19.4. The monoisotopic (exact) mass is 360 g/mol. The van der Waals surface area contributed by atoms with E-state index >= 15 is 0 Å². The lowest BCUT2D eigenvalue weighted by Crippen LogP contribution is -2.33. The van der Waals surface area contributed by atoms with E-state index in [0.717, 1.165) is 41.1 Å². The summed E-state index contributed by atoms with van der Waals surface area (Å²) in [5.41, 5.74) is 7.16. The number of nitrogens with zero attached hydrogens (tertiary/aromatic N) is 4. The number of benzene rings is 1. The van der Waals surface area contributed by atoms with Crippen LogP contribution in [0.5, 0.6) is 0 Å². The van der Waals surface area contributed by atoms with Crippen LogP contribution in [0.1, 0.15) is 33.0 Å². The normalized spacial score (nSPS) is 14.0. The molecule has 2 aromatic heterocycles. The second-order valence-electron chi connectivity index (χ2n) is 7.19. The number of aromatic nitrogens is 3. The Balaban J connectivity index is 1.61. The van der Waals surface area contributed by atoms with Crippen molar-refractivity contribution in [3.05, 3.63) is 70.7 Å². The van der Waals surface area contributed by atoms with E-state index in [1.807, 2.05) is 60.8 Å². The average molecular weight is 360 g/mol. The highest BCUT2D eigenvalue weighted by Gasteiger charge is 2.25. The summed E-state index contributed by atoms with van der Waals surface area (Å²) in [6.07, 6.45) is 1.64. The molecule has 0 spiro atoms. The summed E-state index contributed by atoms with van der Waals surface area (Å²) in [7, 11) is 2.00. The van der Waals surface area contributed by atoms with Crippen LogP contribution in [0.4, 0.5) is 0 Å². The molecule has 0 saturated heterocycles. The molecule has 0 fully saturated rings. The Kier molecular flexibility index (Phi) is 4.52. The molecule has 4 rings (SSSR count). The smallest absolute Gasteiger partial charge is 0.254 e. The van der Waals surface area contributed by atoms with Crippen LogP contribution < -0.4 is 0 Å². The van der Waals surface area contributed by atoms with Crippen molar-refractivity contribution < 1.29 is 4.79 Å². The van der Waals surface area contributed by atoms with Gasteiger partial charge in [0.1, 0.15) is 0 Å². The Morgan fingerprint density at radius 2 is 1.67 bits per heavy atom. The van der Waals surface area contributed by atoms with Crippen molar-refractivity contribution in [2.24, 2.45) is 7.05 Å². The van der Waals surface area contributed by atoms with Crippen LogP contribution in [-0.2, 0) is 19.9 Å². The Morgan fingerprint density at radius 1 is 1.00 bits per heavy atom. The van der Waals surface area contributed by atoms with E-state index in [-0.39, 0.29) is 5.91 Å². The second-order valence-corrected chi connectivity index (χ2v) is 7.19. The van der Waals surface area contributed by atoms with E-state index < -0.39 is 0 Å². The molecule has 1 aromatic carbocycles. The molecule has 3 aromatic rings. The van der Waals surface area contributed by atoms with Gasteiger partial charge in [-0.3, -0.25) is 14.5 Å². The van der Waals surface area contributed by atoms with Crippen molar-refractivity contribution in [2.75, 3.05) is 13.1 Å². The number of fused-ring (bicyclic) bond motifs is 1. The lowest BCUT2D eigenvalue weighted by Gasteiger charge is -2.21. The molecule has 5 heteroatoms. The van der Waals surface area contributed by atoms with Crippen molar-refractivity contribution in [3.8, 4) is 11.3 Å². The second kappa shape index (κ2) is 6.99. The molecule has 0 unspecified atom stereocenters. The lowest BCUT2D eigenvalue weighted by atomic mass is 10.0. The molecule has 1 amide bonds. The third kappa shape index (κ3) is 3.37. The maximum Gasteiger partial charge on any atom is 0.254 e. The van der Waals surface area contributed by atoms with Gasteiger partial charge in [-0.15, -0.1) is 0 Å². The van der Waals surface area contributed by atoms with Gasteiger partial charge in [0.2, 0.25) is 0 Å². The van der Waals surface area contributed by atoms with Gasteiger partial charge < -0.3 is 4.90 Å². The molecule has 138 valence electrons. The number of hydrogen-bond acceptors (Lipinski definition) is 3. The topological polar surface area (TPSA) is 51.0 Å². The fraction of sp³-hybridized carbons (Fsp3) is 0.318. The van der Waals surface area contributed by atoms with E-state index in [1.165, 1.54) is 11.3 Å². The minimum Gasteiger partial charge on any atom is -0.338 e. The Bertz CT molecular complexity index is 971. The zero-order chi connectivity index (χ0) is 19.0. The van der Waals surface area contributed by atoms with Crippen LogP contribution in [0.2, 0.25) is 0 Å². The molecule has 1 aliphatic rings. The summed E-state index contributed by atoms with van der Waals surface area (Å²) in [6, 6.07) is 14.0. The van der Waals surface area contributed by atoms with Gasteiger partial charge in [-0.25, -0.2) is 0 Å². The third-order valence-electron chi connectivity index (χ3n) is 5.19. The van der Waals surface area contributed by atoms with Crippen molar-refractivity contribution >= 4 is 5.91 Å². The van der Waals surface area contributed by atoms with Gasteiger partial charge in [0.15, 0.2) is 0 Å². The number of aryl methyl sites for hydroxylation is 3. The van der Waals surface area contributed by atoms with E-state index in [9.17, 15) is 4.79 Å². The standard InChI is InChI=1S/C22H24N4O/c1-15-13-18(14-16(2)23-15)22(27)26-11-9-19-20(10-12-26)25(3)24-21(19)17-7-5-4-6-8-17/h4-8,13-14H,9-12H2,1-3H3. The van der Waals surface area contributed by atoms with Gasteiger partial charge in [0, 0.05) is 60.3 Å². The van der Waals surface area contributed by atoms with Crippen LogP contribution in [0.25, 0.3) is 11.3 Å². The molecule has 5 nitrogen and oxygen atoms in total. The zero-order valence-corrected chi connectivity index (χ0v) is 16.1. The minimum atomic E-state index is 0.0885. The molecule has 27 heavy (non-hydrogen) atoms. The number of rotatable bonds is 2. The molecule has 0 aliphatic carbocycles. The maximum absolute atomic E-state index is 13.0. The molecule has 0 radical (unpaired) electrons. The molecule has 1 aliphatic heterocycles. The number of amides is 1. The first-order valence-corrected chi connectivity index (χ1v) is 9.37. The Morgan fingerprint density at radius 3 is 2.37 bits per heavy atom. The Hall–Kier alpha value is -2.95. The van der Waals surface area contributed by atoms with Crippen LogP contribution in [0.15, 0.2) is 42.5 Å². The van der Waals surface area contributed by atoms with E-state index in [2.05, 4.69) is 17.1 Å². The van der Waals surface area contributed by atoms with Crippen molar-refractivity contribution in [3.63, 3.8) is 0 Å². The predicted molar refractivity (Wildman–Crippen MR) is 106 cm³/mol. The highest BCUT2D eigenvalue weighted by molar-refractivity contribution is 5.94. The zero-order valence-electron chi connectivity index (χ0n) is 16.1. The molecular formula is C22H24N4O. The van der Waals surface area contributed by atoms with Gasteiger partial charge in [-0.1, -0.05) is 30.3 Å². The van der Waals surface area contributed by atoms with Crippen molar-refractivity contribution in [1.82, 2.24) is 19.7 Å². The predicted octanol–water partition coefficient (Wildman–Crippen LogP) is 3.34. The number of hydrogen-bond donors (Lipinski definition) is 0. The van der Waals surface area contributed by atoms with E-state index in [1.54, 1.807) is 0 Å². The fourth-order valence-electron chi connectivity index (χ4n) is 3.95. The number of carbonyl (C=O) groups excluding carboxylic acids is 1. The fourth-order valence-corrected chi connectivity index (χ4v) is 3.95. The lowest BCUT2D eigenvalue weighted by molar-refractivity contribution is 0.0762. The van der Waals surface area contributed by atoms with Crippen LogP contribution in [0, 0.1) is 13.8 Å². The summed E-state index contributed by atoms with van der Waals surface area (Å²) in [5.74, 6) is 0.0885. The average Bonchev–Trinajstić information content (AvgIpc) is 2.83. The van der Waals surface area contributed by atoms with Crippen molar-refractivity contribution in [1.29, 1.82) is 0 Å². The highest BCUT2D eigenvalue weighted by atomic mass is 16.2.